The molecule has 1 aliphatic rings. The van der Waals surface area contributed by atoms with E-state index in [4.69, 9.17) is 5.26 Å². The molecule has 3 nitrogen and oxygen atoms in total. The summed E-state index contributed by atoms with van der Waals surface area (Å²) >= 11 is 0. The van der Waals surface area contributed by atoms with Crippen LogP contribution in [-0.2, 0) is 13.5 Å². The van der Waals surface area contributed by atoms with Crippen molar-refractivity contribution in [2.45, 2.75) is 25.2 Å². The van der Waals surface area contributed by atoms with Crippen molar-refractivity contribution in [3.63, 3.8) is 0 Å². The van der Waals surface area contributed by atoms with E-state index in [0.717, 1.165) is 16.6 Å². The highest BCUT2D eigenvalue weighted by atomic mass is 15.1. The molecule has 1 aromatic heterocycles. The first-order valence-electron chi connectivity index (χ1n) is 5.62. The van der Waals surface area contributed by atoms with Gasteiger partial charge in [-0.15, -0.1) is 0 Å². The summed E-state index contributed by atoms with van der Waals surface area (Å²) in [5, 5.41) is 8.69. The van der Waals surface area contributed by atoms with Gasteiger partial charge in [-0.3, -0.25) is 0 Å². The first kappa shape index (κ1) is 9.41. The van der Waals surface area contributed by atoms with Crippen LogP contribution >= 0.6 is 0 Å². The molecule has 16 heavy (non-hydrogen) atoms. The van der Waals surface area contributed by atoms with Crippen molar-refractivity contribution in [3.8, 4) is 6.07 Å². The van der Waals surface area contributed by atoms with Crippen molar-refractivity contribution in [2.75, 3.05) is 0 Å². The minimum atomic E-state index is 0.472. The minimum Gasteiger partial charge on any atom is -0.331 e. The van der Waals surface area contributed by atoms with Crippen LogP contribution in [0, 0.1) is 11.3 Å². The number of hydrogen-bond donors (Lipinski definition) is 0. The molecule has 0 unspecified atom stereocenters. The number of nitrogens with zero attached hydrogens (tertiary/aromatic N) is 3. The third-order valence-corrected chi connectivity index (χ3v) is 3.21. The first-order chi connectivity index (χ1) is 7.79. The van der Waals surface area contributed by atoms with Gasteiger partial charge in [-0.25, -0.2) is 4.98 Å². The maximum absolute atomic E-state index is 8.69. The maximum Gasteiger partial charge on any atom is 0.112 e. The average Bonchev–Trinajstić information content (AvgIpc) is 3.07. The minimum absolute atomic E-state index is 0.472. The lowest BCUT2D eigenvalue weighted by atomic mass is 10.1. The van der Waals surface area contributed by atoms with Gasteiger partial charge in [0.05, 0.1) is 23.5 Å². The number of benzene rings is 1. The normalized spacial score (nSPS) is 15.2. The molecule has 0 radical (unpaired) electrons. The van der Waals surface area contributed by atoms with E-state index < -0.39 is 0 Å². The number of aromatic nitrogens is 2. The van der Waals surface area contributed by atoms with E-state index >= 15 is 0 Å². The molecule has 1 aromatic carbocycles. The molecule has 1 aliphatic carbocycles. The molecule has 0 saturated heterocycles. The van der Waals surface area contributed by atoms with Crippen LogP contribution in [0.25, 0.3) is 11.0 Å². The Kier molecular flexibility index (Phi) is 1.97. The molecule has 3 rings (SSSR count). The standard InChI is InChI=1S/C13H13N3/c1-16-12-8-9(6-7-14)2-5-11(12)15-13(16)10-3-4-10/h2,5,8,10H,3-4,6H2,1H3. The molecule has 1 heterocycles. The summed E-state index contributed by atoms with van der Waals surface area (Å²) < 4.78 is 2.17. The molecule has 0 bridgehead atoms. The topological polar surface area (TPSA) is 41.6 Å². The number of rotatable bonds is 2. The fraction of sp³-hybridized carbons (Fsp3) is 0.385. The van der Waals surface area contributed by atoms with E-state index in [1.165, 1.54) is 18.7 Å². The summed E-state index contributed by atoms with van der Waals surface area (Å²) in [6.07, 6.45) is 3.00. The predicted molar refractivity (Wildman–Crippen MR) is 62.0 cm³/mol. The Morgan fingerprint density at radius 3 is 3.00 bits per heavy atom. The Hall–Kier alpha value is -1.82. The van der Waals surface area contributed by atoms with E-state index in [0.29, 0.717) is 12.3 Å². The lowest BCUT2D eigenvalue weighted by Crippen LogP contribution is -1.95. The SMILES string of the molecule is Cn1c(C2CC2)nc2ccc(CC#N)cc21. The molecule has 80 valence electrons. The molecule has 1 fully saturated rings. The third kappa shape index (κ3) is 1.38. The monoisotopic (exact) mass is 211 g/mol. The van der Waals surface area contributed by atoms with Gasteiger partial charge in [-0.2, -0.15) is 5.26 Å². The molecule has 0 atom stereocenters. The van der Waals surface area contributed by atoms with Crippen LogP contribution in [0.15, 0.2) is 18.2 Å². The van der Waals surface area contributed by atoms with Crippen molar-refractivity contribution < 1.29 is 0 Å². The van der Waals surface area contributed by atoms with Crippen molar-refractivity contribution in [1.82, 2.24) is 9.55 Å². The van der Waals surface area contributed by atoms with E-state index in [-0.39, 0.29) is 0 Å². The van der Waals surface area contributed by atoms with Gasteiger partial charge in [0, 0.05) is 13.0 Å². The second kappa shape index (κ2) is 3.34. The number of fused-ring (bicyclic) bond motifs is 1. The zero-order valence-corrected chi connectivity index (χ0v) is 9.27. The Morgan fingerprint density at radius 2 is 2.31 bits per heavy atom. The van der Waals surface area contributed by atoms with Crippen LogP contribution in [0.2, 0.25) is 0 Å². The summed E-state index contributed by atoms with van der Waals surface area (Å²) in [7, 11) is 2.07. The van der Waals surface area contributed by atoms with E-state index in [2.05, 4.69) is 28.7 Å². The van der Waals surface area contributed by atoms with Gasteiger partial charge in [0.1, 0.15) is 5.82 Å². The van der Waals surface area contributed by atoms with Crippen LogP contribution < -0.4 is 0 Å². The fourth-order valence-corrected chi connectivity index (χ4v) is 2.16. The smallest absolute Gasteiger partial charge is 0.112 e. The summed E-state index contributed by atoms with van der Waals surface area (Å²) in [5.41, 5.74) is 3.26. The van der Waals surface area contributed by atoms with Crippen molar-refractivity contribution in [2.24, 2.45) is 7.05 Å². The van der Waals surface area contributed by atoms with Gasteiger partial charge >= 0.3 is 0 Å². The summed E-state index contributed by atoms with van der Waals surface area (Å²) in [4.78, 5) is 4.66. The molecular formula is C13H13N3. The third-order valence-electron chi connectivity index (χ3n) is 3.21. The average molecular weight is 211 g/mol. The lowest BCUT2D eigenvalue weighted by Gasteiger charge is -2.00. The van der Waals surface area contributed by atoms with Crippen LogP contribution in [0.3, 0.4) is 0 Å². The summed E-state index contributed by atoms with van der Waals surface area (Å²) in [5.74, 6) is 1.86. The molecule has 0 N–H and O–H groups in total. The molecule has 3 heteroatoms. The van der Waals surface area contributed by atoms with E-state index in [1.54, 1.807) is 0 Å². The van der Waals surface area contributed by atoms with Gasteiger partial charge in [-0.1, -0.05) is 6.07 Å². The highest BCUT2D eigenvalue weighted by molar-refractivity contribution is 5.77. The van der Waals surface area contributed by atoms with Gasteiger partial charge in [-0.05, 0) is 30.5 Å². The lowest BCUT2D eigenvalue weighted by molar-refractivity contribution is 0.819. The Labute approximate surface area is 94.3 Å². The zero-order chi connectivity index (χ0) is 11.1. The van der Waals surface area contributed by atoms with Crippen LogP contribution in [0.1, 0.15) is 30.1 Å². The van der Waals surface area contributed by atoms with Gasteiger partial charge < -0.3 is 4.57 Å². The Morgan fingerprint density at radius 1 is 1.50 bits per heavy atom. The number of hydrogen-bond acceptors (Lipinski definition) is 2. The summed E-state index contributed by atoms with van der Waals surface area (Å²) in [6.45, 7) is 0. The maximum atomic E-state index is 8.69. The van der Waals surface area contributed by atoms with Crippen LogP contribution in [0.5, 0.6) is 0 Å². The molecule has 1 saturated carbocycles. The number of nitriles is 1. The number of aryl methyl sites for hydroxylation is 1. The quantitative estimate of drug-likeness (QED) is 0.765. The first-order valence-corrected chi connectivity index (χ1v) is 5.62. The second-order valence-electron chi connectivity index (χ2n) is 4.46. The predicted octanol–water partition coefficient (Wildman–Crippen LogP) is 2.52. The van der Waals surface area contributed by atoms with Gasteiger partial charge in [0.2, 0.25) is 0 Å². The highest BCUT2D eigenvalue weighted by Crippen LogP contribution is 2.40. The largest absolute Gasteiger partial charge is 0.331 e. The summed E-state index contributed by atoms with van der Waals surface area (Å²) in [6, 6.07) is 8.28. The molecular weight excluding hydrogens is 198 g/mol. The Balaban J connectivity index is 2.15. The van der Waals surface area contributed by atoms with Crippen molar-refractivity contribution in [1.29, 1.82) is 5.26 Å². The fourth-order valence-electron chi connectivity index (χ4n) is 2.16. The molecule has 0 aliphatic heterocycles. The van der Waals surface area contributed by atoms with Crippen LogP contribution in [-0.4, -0.2) is 9.55 Å². The van der Waals surface area contributed by atoms with Crippen molar-refractivity contribution in [3.05, 3.63) is 29.6 Å². The molecule has 2 aromatic rings. The Bertz CT molecular complexity index is 585. The molecule has 0 spiro atoms. The van der Waals surface area contributed by atoms with Gasteiger partial charge in [0.25, 0.3) is 0 Å². The highest BCUT2D eigenvalue weighted by Gasteiger charge is 2.28. The van der Waals surface area contributed by atoms with Gasteiger partial charge in [0.15, 0.2) is 0 Å². The zero-order valence-electron chi connectivity index (χ0n) is 9.27. The second-order valence-corrected chi connectivity index (χ2v) is 4.46. The van der Waals surface area contributed by atoms with Crippen LogP contribution in [0.4, 0.5) is 0 Å². The van der Waals surface area contributed by atoms with Crippen molar-refractivity contribution >= 4 is 11.0 Å². The van der Waals surface area contributed by atoms with E-state index in [9.17, 15) is 0 Å². The number of imidazole rings is 1. The molecule has 0 amide bonds. The van der Waals surface area contributed by atoms with E-state index in [1.807, 2.05) is 12.1 Å².